The Bertz CT molecular complexity index is 931. The standard InChI is InChI=1S/C16H13N5OS/c1-22-13-4-2-12(3-5-13)17-14-6-7-15-18-19-16(21(15)20-14)11-8-9-23-10-11/h2-10H,1H3,(H,17,20). The molecule has 0 amide bonds. The van der Waals surface area contributed by atoms with Crippen LogP contribution in [0.1, 0.15) is 0 Å². The van der Waals surface area contributed by atoms with Gasteiger partial charge in [-0.15, -0.1) is 15.3 Å². The van der Waals surface area contributed by atoms with Crippen LogP contribution in [-0.2, 0) is 0 Å². The van der Waals surface area contributed by atoms with Gasteiger partial charge in [-0.1, -0.05) is 0 Å². The first-order valence-corrected chi connectivity index (χ1v) is 7.94. The molecule has 23 heavy (non-hydrogen) atoms. The minimum Gasteiger partial charge on any atom is -0.497 e. The van der Waals surface area contributed by atoms with Gasteiger partial charge in [-0.2, -0.15) is 15.9 Å². The molecule has 1 aromatic carbocycles. The number of anilines is 2. The number of thiophene rings is 1. The van der Waals surface area contributed by atoms with Crippen LogP contribution in [0.4, 0.5) is 11.5 Å². The number of methoxy groups -OCH3 is 1. The summed E-state index contributed by atoms with van der Waals surface area (Å²) in [6.45, 7) is 0. The Balaban J connectivity index is 1.69. The van der Waals surface area contributed by atoms with Crippen molar-refractivity contribution in [1.29, 1.82) is 0 Å². The lowest BCUT2D eigenvalue weighted by atomic mass is 10.3. The first kappa shape index (κ1) is 13.7. The highest BCUT2D eigenvalue weighted by molar-refractivity contribution is 7.08. The number of aromatic nitrogens is 4. The van der Waals surface area contributed by atoms with Crippen LogP contribution in [0.15, 0.2) is 53.2 Å². The fourth-order valence-electron chi connectivity index (χ4n) is 2.25. The number of benzene rings is 1. The molecule has 0 aliphatic heterocycles. The molecule has 6 nitrogen and oxygen atoms in total. The van der Waals surface area contributed by atoms with E-state index in [-0.39, 0.29) is 0 Å². The third kappa shape index (κ3) is 2.62. The zero-order chi connectivity index (χ0) is 15.6. The quantitative estimate of drug-likeness (QED) is 0.621. The molecule has 7 heteroatoms. The van der Waals surface area contributed by atoms with Crippen molar-refractivity contribution in [2.75, 3.05) is 12.4 Å². The maximum atomic E-state index is 5.16. The Labute approximate surface area is 136 Å². The number of hydrogen-bond acceptors (Lipinski definition) is 6. The van der Waals surface area contributed by atoms with Gasteiger partial charge in [0.05, 0.1) is 7.11 Å². The van der Waals surface area contributed by atoms with E-state index in [1.54, 1.807) is 23.0 Å². The average Bonchev–Trinajstić information content (AvgIpc) is 3.24. The molecule has 4 rings (SSSR count). The van der Waals surface area contributed by atoms with Crippen LogP contribution in [-0.4, -0.2) is 26.9 Å². The van der Waals surface area contributed by atoms with Crippen molar-refractivity contribution < 1.29 is 4.74 Å². The molecule has 0 radical (unpaired) electrons. The summed E-state index contributed by atoms with van der Waals surface area (Å²) in [5.74, 6) is 2.27. The normalized spacial score (nSPS) is 10.8. The first-order chi connectivity index (χ1) is 11.3. The predicted octanol–water partition coefficient (Wildman–Crippen LogP) is 3.61. The molecular formula is C16H13N5OS. The van der Waals surface area contributed by atoms with Crippen molar-refractivity contribution in [3.8, 4) is 17.1 Å². The SMILES string of the molecule is COc1ccc(Nc2ccc3nnc(-c4ccsc4)n3n2)cc1. The van der Waals surface area contributed by atoms with Crippen LogP contribution in [0.5, 0.6) is 5.75 Å². The molecule has 114 valence electrons. The Kier molecular flexibility index (Phi) is 3.39. The third-order valence-electron chi connectivity index (χ3n) is 3.40. The number of nitrogens with zero attached hydrogens (tertiary/aromatic N) is 4. The van der Waals surface area contributed by atoms with E-state index >= 15 is 0 Å². The molecule has 0 saturated carbocycles. The molecule has 3 heterocycles. The maximum Gasteiger partial charge on any atom is 0.186 e. The monoisotopic (exact) mass is 323 g/mol. The fourth-order valence-corrected chi connectivity index (χ4v) is 2.88. The molecule has 0 bridgehead atoms. The molecule has 0 aliphatic rings. The van der Waals surface area contributed by atoms with Gasteiger partial charge in [0.25, 0.3) is 0 Å². The molecule has 3 aromatic heterocycles. The van der Waals surface area contributed by atoms with Crippen molar-refractivity contribution in [2.24, 2.45) is 0 Å². The molecule has 1 N–H and O–H groups in total. The summed E-state index contributed by atoms with van der Waals surface area (Å²) < 4.78 is 6.90. The average molecular weight is 323 g/mol. The Hall–Kier alpha value is -2.93. The second-order valence-electron chi connectivity index (χ2n) is 4.88. The van der Waals surface area contributed by atoms with E-state index in [1.807, 2.05) is 53.2 Å². The van der Waals surface area contributed by atoms with Crippen LogP contribution in [0.3, 0.4) is 0 Å². The van der Waals surface area contributed by atoms with E-state index < -0.39 is 0 Å². The van der Waals surface area contributed by atoms with E-state index in [2.05, 4.69) is 20.6 Å². The molecule has 0 atom stereocenters. The van der Waals surface area contributed by atoms with E-state index in [0.717, 1.165) is 28.6 Å². The summed E-state index contributed by atoms with van der Waals surface area (Å²) in [5.41, 5.74) is 2.66. The highest BCUT2D eigenvalue weighted by Crippen LogP contribution is 2.22. The number of rotatable bonds is 4. The van der Waals surface area contributed by atoms with Gasteiger partial charge in [-0.05, 0) is 47.8 Å². The number of fused-ring (bicyclic) bond motifs is 1. The molecule has 4 aromatic rings. The number of hydrogen-bond donors (Lipinski definition) is 1. The summed E-state index contributed by atoms with van der Waals surface area (Å²) >= 11 is 1.62. The second kappa shape index (κ2) is 5.69. The van der Waals surface area contributed by atoms with Crippen LogP contribution < -0.4 is 10.1 Å². The van der Waals surface area contributed by atoms with E-state index in [4.69, 9.17) is 4.74 Å². The number of ether oxygens (including phenoxy) is 1. The van der Waals surface area contributed by atoms with Gasteiger partial charge in [0.1, 0.15) is 5.75 Å². The highest BCUT2D eigenvalue weighted by Gasteiger charge is 2.10. The van der Waals surface area contributed by atoms with Crippen molar-refractivity contribution in [2.45, 2.75) is 0 Å². The minimum atomic E-state index is 0.714. The van der Waals surface area contributed by atoms with Crippen molar-refractivity contribution >= 4 is 28.5 Å². The van der Waals surface area contributed by atoms with Crippen LogP contribution >= 0.6 is 11.3 Å². The van der Waals surface area contributed by atoms with E-state index in [0.29, 0.717) is 5.65 Å². The second-order valence-corrected chi connectivity index (χ2v) is 5.66. The number of nitrogens with one attached hydrogen (secondary N) is 1. The van der Waals surface area contributed by atoms with Gasteiger partial charge >= 0.3 is 0 Å². The molecule has 0 spiro atoms. The lowest BCUT2D eigenvalue weighted by Crippen LogP contribution is -2.00. The predicted molar refractivity (Wildman–Crippen MR) is 90.4 cm³/mol. The molecule has 0 unspecified atom stereocenters. The van der Waals surface area contributed by atoms with Crippen LogP contribution in [0.2, 0.25) is 0 Å². The highest BCUT2D eigenvalue weighted by atomic mass is 32.1. The molecule has 0 aliphatic carbocycles. The zero-order valence-electron chi connectivity index (χ0n) is 12.3. The van der Waals surface area contributed by atoms with Gasteiger partial charge in [0.2, 0.25) is 0 Å². The maximum absolute atomic E-state index is 5.16. The van der Waals surface area contributed by atoms with Gasteiger partial charge < -0.3 is 10.1 Å². The van der Waals surface area contributed by atoms with E-state index in [1.165, 1.54) is 0 Å². The summed E-state index contributed by atoms with van der Waals surface area (Å²) in [5, 5.41) is 20.3. The van der Waals surface area contributed by atoms with Gasteiger partial charge in [0, 0.05) is 16.6 Å². The summed E-state index contributed by atoms with van der Waals surface area (Å²) in [6, 6.07) is 13.5. The first-order valence-electron chi connectivity index (χ1n) is 6.99. The zero-order valence-corrected chi connectivity index (χ0v) is 13.1. The largest absolute Gasteiger partial charge is 0.497 e. The van der Waals surface area contributed by atoms with Gasteiger partial charge in [0.15, 0.2) is 17.3 Å². The van der Waals surface area contributed by atoms with Crippen LogP contribution in [0, 0.1) is 0 Å². The smallest absolute Gasteiger partial charge is 0.186 e. The summed E-state index contributed by atoms with van der Waals surface area (Å²) in [4.78, 5) is 0. The van der Waals surface area contributed by atoms with Gasteiger partial charge in [-0.25, -0.2) is 0 Å². The van der Waals surface area contributed by atoms with Crippen molar-refractivity contribution in [3.63, 3.8) is 0 Å². The van der Waals surface area contributed by atoms with Crippen LogP contribution in [0.25, 0.3) is 17.0 Å². The minimum absolute atomic E-state index is 0.714. The Morgan fingerprint density at radius 1 is 1.04 bits per heavy atom. The summed E-state index contributed by atoms with van der Waals surface area (Å²) in [6.07, 6.45) is 0. The third-order valence-corrected chi connectivity index (χ3v) is 4.09. The topological polar surface area (TPSA) is 64.3 Å². The fraction of sp³-hybridized carbons (Fsp3) is 0.0625. The van der Waals surface area contributed by atoms with Crippen molar-refractivity contribution in [3.05, 3.63) is 53.2 Å². The van der Waals surface area contributed by atoms with Crippen molar-refractivity contribution in [1.82, 2.24) is 19.8 Å². The van der Waals surface area contributed by atoms with E-state index in [9.17, 15) is 0 Å². The molecule has 0 fully saturated rings. The Morgan fingerprint density at radius 3 is 2.65 bits per heavy atom. The van der Waals surface area contributed by atoms with Gasteiger partial charge in [-0.3, -0.25) is 0 Å². The lowest BCUT2D eigenvalue weighted by Gasteiger charge is -2.07. The molecule has 0 saturated heterocycles. The lowest BCUT2D eigenvalue weighted by molar-refractivity contribution is 0.415. The Morgan fingerprint density at radius 2 is 1.91 bits per heavy atom. The summed E-state index contributed by atoms with van der Waals surface area (Å²) in [7, 11) is 1.65. The molecular weight excluding hydrogens is 310 g/mol.